The summed E-state index contributed by atoms with van der Waals surface area (Å²) in [7, 11) is 4.15. The molecule has 0 saturated carbocycles. The van der Waals surface area contributed by atoms with Crippen molar-refractivity contribution in [2.75, 3.05) is 27.9 Å². The van der Waals surface area contributed by atoms with Crippen LogP contribution in [0.4, 0.5) is 4.39 Å². The molecule has 0 unspecified atom stereocenters. The Labute approximate surface area is 144 Å². The fraction of sp³-hybridized carbons (Fsp3) is 0.222. The standard InChI is InChI=1S/C18H17FO6/c1-22-15-8-7-11(9-13(15)19)14(20)10-25-18(21)12-5-4-6-16(23-2)17(12)24-3/h4-9H,10H2,1-3H3. The first-order chi connectivity index (χ1) is 12.0. The number of esters is 1. The number of halogens is 1. The minimum Gasteiger partial charge on any atom is -0.494 e. The second-order valence-electron chi connectivity index (χ2n) is 4.89. The molecule has 0 atom stereocenters. The van der Waals surface area contributed by atoms with E-state index in [0.29, 0.717) is 5.75 Å². The first kappa shape index (κ1) is 18.3. The van der Waals surface area contributed by atoms with Gasteiger partial charge in [0, 0.05) is 5.56 Å². The molecule has 6 nitrogen and oxygen atoms in total. The van der Waals surface area contributed by atoms with E-state index in [-0.39, 0.29) is 22.6 Å². The molecule has 0 heterocycles. The Morgan fingerprint density at radius 2 is 1.68 bits per heavy atom. The molecule has 132 valence electrons. The summed E-state index contributed by atoms with van der Waals surface area (Å²) in [5.41, 5.74) is 0.194. The quantitative estimate of drug-likeness (QED) is 0.566. The molecular formula is C18H17FO6. The van der Waals surface area contributed by atoms with Crippen LogP contribution >= 0.6 is 0 Å². The molecule has 2 aromatic rings. The van der Waals surface area contributed by atoms with Crippen molar-refractivity contribution in [3.63, 3.8) is 0 Å². The van der Waals surface area contributed by atoms with Gasteiger partial charge in [0.25, 0.3) is 0 Å². The van der Waals surface area contributed by atoms with Crippen LogP contribution in [0.15, 0.2) is 36.4 Å². The van der Waals surface area contributed by atoms with E-state index in [1.165, 1.54) is 39.5 Å². The lowest BCUT2D eigenvalue weighted by Crippen LogP contribution is -2.15. The van der Waals surface area contributed by atoms with Gasteiger partial charge in [-0.05, 0) is 30.3 Å². The van der Waals surface area contributed by atoms with E-state index < -0.39 is 24.2 Å². The van der Waals surface area contributed by atoms with E-state index in [2.05, 4.69) is 0 Å². The molecule has 0 fully saturated rings. The minimum atomic E-state index is -0.752. The first-order valence-electron chi connectivity index (χ1n) is 7.26. The number of rotatable bonds is 7. The second-order valence-corrected chi connectivity index (χ2v) is 4.89. The number of carbonyl (C=O) groups is 2. The average Bonchev–Trinajstić information content (AvgIpc) is 2.64. The van der Waals surface area contributed by atoms with Gasteiger partial charge in [-0.2, -0.15) is 0 Å². The lowest BCUT2D eigenvalue weighted by molar-refractivity contribution is 0.0471. The van der Waals surface area contributed by atoms with Gasteiger partial charge in [-0.25, -0.2) is 9.18 Å². The second kappa shape index (κ2) is 8.14. The van der Waals surface area contributed by atoms with E-state index in [4.69, 9.17) is 18.9 Å². The highest BCUT2D eigenvalue weighted by atomic mass is 19.1. The van der Waals surface area contributed by atoms with Crippen LogP contribution in [-0.4, -0.2) is 39.7 Å². The minimum absolute atomic E-state index is 0.0228. The van der Waals surface area contributed by atoms with Gasteiger partial charge in [-0.3, -0.25) is 4.79 Å². The number of methoxy groups -OCH3 is 3. The van der Waals surface area contributed by atoms with Gasteiger partial charge in [0.2, 0.25) is 0 Å². The predicted molar refractivity (Wildman–Crippen MR) is 87.1 cm³/mol. The van der Waals surface area contributed by atoms with E-state index in [1.54, 1.807) is 12.1 Å². The van der Waals surface area contributed by atoms with Gasteiger partial charge in [0.1, 0.15) is 5.56 Å². The fourth-order valence-electron chi connectivity index (χ4n) is 2.18. The zero-order chi connectivity index (χ0) is 18.4. The molecule has 0 aliphatic heterocycles. The van der Waals surface area contributed by atoms with Crippen molar-refractivity contribution in [1.82, 2.24) is 0 Å². The van der Waals surface area contributed by atoms with E-state index in [9.17, 15) is 14.0 Å². The zero-order valence-electron chi connectivity index (χ0n) is 14.0. The third kappa shape index (κ3) is 4.06. The largest absolute Gasteiger partial charge is 0.494 e. The molecule has 0 amide bonds. The molecule has 0 bridgehead atoms. The molecule has 7 heteroatoms. The smallest absolute Gasteiger partial charge is 0.342 e. The Bertz CT molecular complexity index is 787. The zero-order valence-corrected chi connectivity index (χ0v) is 14.0. The summed E-state index contributed by atoms with van der Waals surface area (Å²) in [5, 5.41) is 0. The predicted octanol–water partition coefficient (Wildman–Crippen LogP) is 2.89. The van der Waals surface area contributed by atoms with Crippen molar-refractivity contribution in [3.8, 4) is 17.2 Å². The Hall–Kier alpha value is -3.09. The summed E-state index contributed by atoms with van der Waals surface area (Å²) in [5.74, 6) is -1.38. The maximum Gasteiger partial charge on any atom is 0.342 e. The third-order valence-corrected chi connectivity index (χ3v) is 3.43. The van der Waals surface area contributed by atoms with Gasteiger partial charge in [0.15, 0.2) is 35.5 Å². The van der Waals surface area contributed by atoms with Gasteiger partial charge in [0.05, 0.1) is 21.3 Å². The lowest BCUT2D eigenvalue weighted by Gasteiger charge is -2.12. The van der Waals surface area contributed by atoms with Crippen molar-refractivity contribution in [1.29, 1.82) is 0 Å². The maximum atomic E-state index is 13.6. The van der Waals surface area contributed by atoms with Crippen LogP contribution in [0, 0.1) is 5.82 Å². The number of hydrogen-bond donors (Lipinski definition) is 0. The Balaban J connectivity index is 2.10. The summed E-state index contributed by atoms with van der Waals surface area (Å²) in [4.78, 5) is 24.3. The van der Waals surface area contributed by atoms with Crippen LogP contribution in [0.25, 0.3) is 0 Å². The highest BCUT2D eigenvalue weighted by molar-refractivity contribution is 6.00. The Morgan fingerprint density at radius 1 is 0.960 bits per heavy atom. The molecule has 2 rings (SSSR count). The van der Waals surface area contributed by atoms with Crippen LogP contribution in [-0.2, 0) is 4.74 Å². The van der Waals surface area contributed by atoms with E-state index in [0.717, 1.165) is 6.07 Å². The topological polar surface area (TPSA) is 71.1 Å². The summed E-state index contributed by atoms with van der Waals surface area (Å²) >= 11 is 0. The van der Waals surface area contributed by atoms with Crippen LogP contribution in [0.1, 0.15) is 20.7 Å². The first-order valence-corrected chi connectivity index (χ1v) is 7.26. The molecule has 0 N–H and O–H groups in total. The molecule has 0 aliphatic rings. The van der Waals surface area contributed by atoms with Crippen LogP contribution in [0.2, 0.25) is 0 Å². The highest BCUT2D eigenvalue weighted by Crippen LogP contribution is 2.31. The molecule has 0 aromatic heterocycles. The molecule has 0 spiro atoms. The number of para-hydroxylation sites is 1. The fourth-order valence-corrected chi connectivity index (χ4v) is 2.18. The molecule has 25 heavy (non-hydrogen) atoms. The highest BCUT2D eigenvalue weighted by Gasteiger charge is 2.19. The Kier molecular flexibility index (Phi) is 5.94. The van der Waals surface area contributed by atoms with Crippen molar-refractivity contribution in [2.24, 2.45) is 0 Å². The number of ether oxygens (including phenoxy) is 4. The Morgan fingerprint density at radius 3 is 2.28 bits per heavy atom. The summed E-state index contributed by atoms with van der Waals surface area (Å²) < 4.78 is 33.7. The molecular weight excluding hydrogens is 331 g/mol. The van der Waals surface area contributed by atoms with Gasteiger partial charge in [-0.15, -0.1) is 0 Å². The SMILES string of the molecule is COc1ccc(C(=O)COC(=O)c2cccc(OC)c2OC)cc1F. The number of benzene rings is 2. The number of Topliss-reactive ketones (excluding diaryl/α,β-unsaturated/α-hetero) is 1. The van der Waals surface area contributed by atoms with Crippen molar-refractivity contribution >= 4 is 11.8 Å². The third-order valence-electron chi connectivity index (χ3n) is 3.43. The summed E-state index contributed by atoms with van der Waals surface area (Å²) in [6, 6.07) is 8.46. The van der Waals surface area contributed by atoms with Crippen molar-refractivity contribution < 1.29 is 32.9 Å². The van der Waals surface area contributed by atoms with Gasteiger partial charge >= 0.3 is 5.97 Å². The molecule has 0 radical (unpaired) electrons. The number of carbonyl (C=O) groups excluding carboxylic acids is 2. The maximum absolute atomic E-state index is 13.6. The number of hydrogen-bond acceptors (Lipinski definition) is 6. The summed E-state index contributed by atoms with van der Waals surface area (Å²) in [6.45, 7) is -0.537. The van der Waals surface area contributed by atoms with Crippen LogP contribution < -0.4 is 14.2 Å². The van der Waals surface area contributed by atoms with Gasteiger partial charge in [-0.1, -0.05) is 6.07 Å². The van der Waals surface area contributed by atoms with Gasteiger partial charge < -0.3 is 18.9 Å². The van der Waals surface area contributed by atoms with E-state index >= 15 is 0 Å². The van der Waals surface area contributed by atoms with Crippen LogP contribution in [0.3, 0.4) is 0 Å². The van der Waals surface area contributed by atoms with Crippen LogP contribution in [0.5, 0.6) is 17.2 Å². The normalized spacial score (nSPS) is 10.1. The summed E-state index contributed by atoms with van der Waals surface area (Å²) in [6.07, 6.45) is 0. The average molecular weight is 348 g/mol. The molecule has 0 aliphatic carbocycles. The molecule has 0 saturated heterocycles. The number of ketones is 1. The van der Waals surface area contributed by atoms with Crippen molar-refractivity contribution in [3.05, 3.63) is 53.3 Å². The monoisotopic (exact) mass is 348 g/mol. The lowest BCUT2D eigenvalue weighted by atomic mass is 10.1. The molecule has 2 aromatic carbocycles. The van der Waals surface area contributed by atoms with E-state index in [1.807, 2.05) is 0 Å². The van der Waals surface area contributed by atoms with Crippen molar-refractivity contribution in [2.45, 2.75) is 0 Å².